The number of hydrogen-bond acceptors (Lipinski definition) is 2. The Morgan fingerprint density at radius 1 is 1.20 bits per heavy atom. The van der Waals surface area contributed by atoms with Gasteiger partial charge in [-0.3, -0.25) is 4.90 Å². The highest BCUT2D eigenvalue weighted by atomic mass is 16.5. The summed E-state index contributed by atoms with van der Waals surface area (Å²) in [4.78, 5) is 2.51. The van der Waals surface area contributed by atoms with Crippen molar-refractivity contribution in [3.05, 3.63) is 53.1 Å². The Morgan fingerprint density at radius 3 is 2.85 bits per heavy atom. The van der Waals surface area contributed by atoms with Crippen molar-refractivity contribution in [2.24, 2.45) is 0 Å². The molecule has 2 nitrogen and oxygen atoms in total. The maximum absolute atomic E-state index is 5.42. The van der Waals surface area contributed by atoms with E-state index in [0.29, 0.717) is 0 Å². The van der Waals surface area contributed by atoms with Crippen LogP contribution >= 0.6 is 0 Å². The van der Waals surface area contributed by atoms with Crippen molar-refractivity contribution in [2.75, 3.05) is 32.8 Å². The van der Waals surface area contributed by atoms with Crippen LogP contribution in [0.5, 0.6) is 0 Å². The smallest absolute Gasteiger partial charge is 0.0594 e. The number of hydrogen-bond donors (Lipinski definition) is 0. The molecular weight excluding hydrogens is 246 g/mol. The number of morpholine rings is 1. The fourth-order valence-corrected chi connectivity index (χ4v) is 2.96. The minimum Gasteiger partial charge on any atom is -0.379 e. The van der Waals surface area contributed by atoms with Gasteiger partial charge in [-0.05, 0) is 30.9 Å². The first-order valence-corrected chi connectivity index (χ1v) is 7.58. The number of aryl methyl sites for hydroxylation is 1. The third-order valence-electron chi connectivity index (χ3n) is 4.07. The predicted octanol–water partition coefficient (Wildman–Crippen LogP) is 3.43. The molecule has 0 saturated carbocycles. The molecule has 2 aliphatic rings. The van der Waals surface area contributed by atoms with E-state index in [4.69, 9.17) is 4.74 Å². The van der Waals surface area contributed by atoms with Crippen LogP contribution in [0.1, 0.15) is 24.0 Å². The molecule has 0 aromatic heterocycles. The Bertz CT molecular complexity index is 524. The molecule has 0 unspecified atom stereocenters. The van der Waals surface area contributed by atoms with Crippen LogP contribution in [-0.2, 0) is 4.74 Å². The topological polar surface area (TPSA) is 12.5 Å². The van der Waals surface area contributed by atoms with E-state index in [1.165, 1.54) is 29.5 Å². The predicted molar refractivity (Wildman–Crippen MR) is 83.7 cm³/mol. The second-order valence-electron chi connectivity index (χ2n) is 5.76. The molecular formula is C18H23NO. The molecule has 1 fully saturated rings. The van der Waals surface area contributed by atoms with E-state index in [0.717, 1.165) is 32.8 Å². The van der Waals surface area contributed by atoms with Crippen LogP contribution in [0.3, 0.4) is 0 Å². The number of benzene rings is 1. The van der Waals surface area contributed by atoms with Gasteiger partial charge in [-0.2, -0.15) is 0 Å². The molecule has 0 radical (unpaired) electrons. The van der Waals surface area contributed by atoms with E-state index in [-0.39, 0.29) is 0 Å². The maximum atomic E-state index is 5.42. The summed E-state index contributed by atoms with van der Waals surface area (Å²) in [6.07, 6.45) is 7.14. The van der Waals surface area contributed by atoms with Crippen LogP contribution < -0.4 is 0 Å². The molecule has 2 heteroatoms. The average Bonchev–Trinajstić information content (AvgIpc) is 2.49. The van der Waals surface area contributed by atoms with Crippen LogP contribution in [0.15, 0.2) is 42.0 Å². The van der Waals surface area contributed by atoms with Crippen molar-refractivity contribution in [1.29, 1.82) is 0 Å². The van der Waals surface area contributed by atoms with Crippen LogP contribution in [-0.4, -0.2) is 37.7 Å². The summed E-state index contributed by atoms with van der Waals surface area (Å²) in [5.41, 5.74) is 5.63. The molecule has 0 N–H and O–H groups in total. The fraction of sp³-hybridized carbons (Fsp3) is 0.444. The van der Waals surface area contributed by atoms with Crippen LogP contribution in [0.4, 0.5) is 0 Å². The summed E-state index contributed by atoms with van der Waals surface area (Å²) in [5, 5.41) is 0. The van der Waals surface area contributed by atoms with Gasteiger partial charge in [-0.15, -0.1) is 0 Å². The van der Waals surface area contributed by atoms with E-state index in [9.17, 15) is 0 Å². The van der Waals surface area contributed by atoms with Gasteiger partial charge in [-0.25, -0.2) is 0 Å². The van der Waals surface area contributed by atoms with Crippen LogP contribution in [0.25, 0.3) is 5.57 Å². The van der Waals surface area contributed by atoms with E-state index >= 15 is 0 Å². The first kappa shape index (κ1) is 13.6. The second kappa shape index (κ2) is 6.38. The van der Waals surface area contributed by atoms with Gasteiger partial charge in [0.15, 0.2) is 0 Å². The van der Waals surface area contributed by atoms with E-state index in [2.05, 4.69) is 48.2 Å². The van der Waals surface area contributed by atoms with Crippen molar-refractivity contribution in [1.82, 2.24) is 4.90 Å². The SMILES string of the molecule is Cc1cccc(C2=CCCC(CN3CCOCC3)=C2)c1. The summed E-state index contributed by atoms with van der Waals surface area (Å²) in [7, 11) is 0. The molecule has 1 aromatic rings. The third-order valence-corrected chi connectivity index (χ3v) is 4.07. The number of allylic oxidation sites excluding steroid dienone is 3. The Hall–Kier alpha value is -1.38. The minimum absolute atomic E-state index is 0.883. The minimum atomic E-state index is 0.883. The monoisotopic (exact) mass is 269 g/mol. The molecule has 3 rings (SSSR count). The van der Waals surface area contributed by atoms with Crippen molar-refractivity contribution < 1.29 is 4.74 Å². The summed E-state index contributed by atoms with van der Waals surface area (Å²) in [6, 6.07) is 8.80. The quantitative estimate of drug-likeness (QED) is 0.833. The normalized spacial score (nSPS) is 20.4. The Labute approximate surface area is 121 Å². The van der Waals surface area contributed by atoms with Gasteiger partial charge in [0.2, 0.25) is 0 Å². The molecule has 0 bridgehead atoms. The summed E-state index contributed by atoms with van der Waals surface area (Å²) in [6.45, 7) is 7.17. The fourth-order valence-electron chi connectivity index (χ4n) is 2.96. The lowest BCUT2D eigenvalue weighted by molar-refractivity contribution is 0.0419. The average molecular weight is 269 g/mol. The molecule has 20 heavy (non-hydrogen) atoms. The molecule has 1 aliphatic heterocycles. The summed E-state index contributed by atoms with van der Waals surface area (Å²) in [5.74, 6) is 0. The van der Waals surface area contributed by atoms with Crippen molar-refractivity contribution in [3.63, 3.8) is 0 Å². The van der Waals surface area contributed by atoms with Gasteiger partial charge in [0.05, 0.1) is 13.2 Å². The highest BCUT2D eigenvalue weighted by molar-refractivity contribution is 5.76. The standard InChI is InChI=1S/C18H23NO/c1-15-4-2-6-17(12-15)18-7-3-5-16(13-18)14-19-8-10-20-11-9-19/h2,4,6-7,12-13H,3,5,8-11,14H2,1H3. The highest BCUT2D eigenvalue weighted by Crippen LogP contribution is 2.26. The van der Waals surface area contributed by atoms with Gasteiger partial charge in [0.25, 0.3) is 0 Å². The van der Waals surface area contributed by atoms with E-state index < -0.39 is 0 Å². The van der Waals surface area contributed by atoms with Gasteiger partial charge in [0, 0.05) is 19.6 Å². The first-order valence-electron chi connectivity index (χ1n) is 7.58. The lowest BCUT2D eigenvalue weighted by Crippen LogP contribution is -2.37. The Kier molecular flexibility index (Phi) is 4.34. The summed E-state index contributed by atoms with van der Waals surface area (Å²) < 4.78 is 5.42. The molecule has 106 valence electrons. The van der Waals surface area contributed by atoms with E-state index in [1.54, 1.807) is 5.57 Å². The van der Waals surface area contributed by atoms with Crippen molar-refractivity contribution >= 4 is 5.57 Å². The summed E-state index contributed by atoms with van der Waals surface area (Å²) >= 11 is 0. The Balaban J connectivity index is 1.71. The molecule has 1 saturated heterocycles. The molecule has 0 atom stereocenters. The number of ether oxygens (including phenoxy) is 1. The van der Waals surface area contributed by atoms with Gasteiger partial charge in [0.1, 0.15) is 0 Å². The second-order valence-corrected chi connectivity index (χ2v) is 5.76. The van der Waals surface area contributed by atoms with Crippen LogP contribution in [0.2, 0.25) is 0 Å². The van der Waals surface area contributed by atoms with Crippen molar-refractivity contribution in [2.45, 2.75) is 19.8 Å². The van der Waals surface area contributed by atoms with Gasteiger partial charge in [-0.1, -0.05) is 47.6 Å². The zero-order valence-corrected chi connectivity index (χ0v) is 12.3. The van der Waals surface area contributed by atoms with Crippen molar-refractivity contribution in [3.8, 4) is 0 Å². The zero-order valence-electron chi connectivity index (χ0n) is 12.3. The Morgan fingerprint density at radius 2 is 2.05 bits per heavy atom. The molecule has 1 aromatic carbocycles. The molecule has 1 aliphatic carbocycles. The number of rotatable bonds is 3. The van der Waals surface area contributed by atoms with Gasteiger partial charge >= 0.3 is 0 Å². The third kappa shape index (κ3) is 3.38. The molecule has 1 heterocycles. The largest absolute Gasteiger partial charge is 0.379 e. The first-order chi connectivity index (χ1) is 9.81. The van der Waals surface area contributed by atoms with Crippen LogP contribution in [0, 0.1) is 6.92 Å². The van der Waals surface area contributed by atoms with E-state index in [1.807, 2.05) is 0 Å². The molecule has 0 amide bonds. The maximum Gasteiger partial charge on any atom is 0.0594 e. The lowest BCUT2D eigenvalue weighted by Gasteiger charge is -2.28. The molecule has 0 spiro atoms. The van der Waals surface area contributed by atoms with Gasteiger partial charge < -0.3 is 4.74 Å². The number of nitrogens with zero attached hydrogens (tertiary/aromatic N) is 1. The zero-order chi connectivity index (χ0) is 13.8. The highest BCUT2D eigenvalue weighted by Gasteiger charge is 2.14. The lowest BCUT2D eigenvalue weighted by atomic mass is 9.93.